The number of carbonyl (C=O) groups is 2. The maximum Gasteiger partial charge on any atom is 0.323 e. The van der Waals surface area contributed by atoms with E-state index in [0.717, 1.165) is 31.3 Å². The first kappa shape index (κ1) is 30.1. The van der Waals surface area contributed by atoms with E-state index in [4.69, 9.17) is 15.2 Å². The Morgan fingerprint density at radius 2 is 1.77 bits per heavy atom. The van der Waals surface area contributed by atoms with Gasteiger partial charge >= 0.3 is 6.03 Å². The molecule has 2 aromatic heterocycles. The molecule has 0 aliphatic carbocycles. The number of nitrogens with one attached hydrogen (secondary N) is 1. The third-order valence-electron chi connectivity index (χ3n) is 7.59. The number of likely N-dealkylation sites (tertiary alicyclic amines) is 1. The first-order valence-electron chi connectivity index (χ1n) is 14.7. The van der Waals surface area contributed by atoms with Crippen molar-refractivity contribution in [3.05, 3.63) is 77.6 Å². The van der Waals surface area contributed by atoms with Crippen LogP contribution in [-0.2, 0) is 0 Å². The van der Waals surface area contributed by atoms with E-state index in [2.05, 4.69) is 15.2 Å². The highest BCUT2D eigenvalue weighted by molar-refractivity contribution is 6.03. The molecular formula is C33H39N5O5. The third kappa shape index (κ3) is 7.15. The summed E-state index contributed by atoms with van der Waals surface area (Å²) in [6, 6.07) is 15.9. The van der Waals surface area contributed by atoms with Crippen LogP contribution in [0, 0.1) is 6.92 Å². The fourth-order valence-corrected chi connectivity index (χ4v) is 5.66. The van der Waals surface area contributed by atoms with Crippen molar-refractivity contribution in [1.29, 1.82) is 0 Å². The lowest BCUT2D eigenvalue weighted by Crippen LogP contribution is -2.37. The maximum atomic E-state index is 13.0. The molecule has 0 bridgehead atoms. The molecule has 4 aromatic rings. The monoisotopic (exact) mass is 585 g/mol. The maximum absolute atomic E-state index is 13.0. The highest BCUT2D eigenvalue weighted by Crippen LogP contribution is 2.38. The van der Waals surface area contributed by atoms with Gasteiger partial charge in [-0.2, -0.15) is 0 Å². The Morgan fingerprint density at radius 3 is 2.42 bits per heavy atom. The molecule has 5 rings (SSSR count). The summed E-state index contributed by atoms with van der Waals surface area (Å²) in [6.07, 6.45) is 3.17. The van der Waals surface area contributed by atoms with Crippen molar-refractivity contribution < 1.29 is 24.2 Å². The van der Waals surface area contributed by atoms with Crippen molar-refractivity contribution in [2.75, 3.05) is 25.0 Å². The van der Waals surface area contributed by atoms with Crippen molar-refractivity contribution in [2.24, 2.45) is 5.73 Å². The SMILES string of the molecule is Cc1cc2cc(Oc3ccnc(NC(=O)c4ccc(C5CCN(C[C@@H](C)O)CC5)cc4)c3)c(OC(C)C)cc2n1C(N)=O. The lowest BCUT2D eigenvalue weighted by atomic mass is 9.89. The smallest absolute Gasteiger partial charge is 0.323 e. The minimum absolute atomic E-state index is 0.139. The number of piperidine rings is 1. The van der Waals surface area contributed by atoms with Crippen molar-refractivity contribution in [3.8, 4) is 17.2 Å². The van der Waals surface area contributed by atoms with Gasteiger partial charge in [-0.15, -0.1) is 0 Å². The summed E-state index contributed by atoms with van der Waals surface area (Å²) in [4.78, 5) is 31.7. The van der Waals surface area contributed by atoms with Gasteiger partial charge in [0, 0.05) is 41.5 Å². The molecule has 0 saturated carbocycles. The van der Waals surface area contributed by atoms with Gasteiger partial charge in [0.25, 0.3) is 5.91 Å². The summed E-state index contributed by atoms with van der Waals surface area (Å²) in [5, 5.41) is 13.3. The van der Waals surface area contributed by atoms with Gasteiger partial charge in [0.15, 0.2) is 11.5 Å². The Labute approximate surface area is 251 Å². The number of fused-ring (bicyclic) bond motifs is 1. The lowest BCUT2D eigenvalue weighted by Gasteiger charge is -2.32. The van der Waals surface area contributed by atoms with Gasteiger partial charge in [0.1, 0.15) is 11.6 Å². The normalized spacial score (nSPS) is 15.0. The number of aliphatic hydroxyl groups is 1. The second-order valence-electron chi connectivity index (χ2n) is 11.5. The van der Waals surface area contributed by atoms with E-state index in [1.807, 2.05) is 58.0 Å². The molecule has 3 heterocycles. The number of primary amides is 1. The van der Waals surface area contributed by atoms with Crippen molar-refractivity contribution in [2.45, 2.75) is 58.7 Å². The van der Waals surface area contributed by atoms with E-state index >= 15 is 0 Å². The number of ether oxygens (including phenoxy) is 2. The van der Waals surface area contributed by atoms with Crippen LogP contribution in [0.25, 0.3) is 10.9 Å². The van der Waals surface area contributed by atoms with Crippen LogP contribution in [0.5, 0.6) is 17.2 Å². The average Bonchev–Trinajstić information content (AvgIpc) is 3.28. The predicted molar refractivity (Wildman–Crippen MR) is 166 cm³/mol. The number of rotatable bonds is 9. The van der Waals surface area contributed by atoms with Crippen LogP contribution >= 0.6 is 0 Å². The number of nitrogens with zero attached hydrogens (tertiary/aromatic N) is 3. The number of anilines is 1. The predicted octanol–water partition coefficient (Wildman–Crippen LogP) is 5.66. The first-order chi connectivity index (χ1) is 20.6. The minimum atomic E-state index is -0.574. The Balaban J connectivity index is 1.28. The number of β-amino-alcohol motifs (C(OH)–C–C–N with tert-alkyl or cyclic N) is 1. The number of carbonyl (C=O) groups excluding carboxylic acids is 2. The number of aliphatic hydroxyl groups excluding tert-OH is 1. The molecule has 10 heteroatoms. The van der Waals surface area contributed by atoms with E-state index in [-0.39, 0.29) is 18.1 Å². The molecule has 43 heavy (non-hydrogen) atoms. The van der Waals surface area contributed by atoms with Gasteiger partial charge in [-0.1, -0.05) is 12.1 Å². The van der Waals surface area contributed by atoms with Crippen molar-refractivity contribution >= 4 is 28.7 Å². The molecule has 0 unspecified atom stereocenters. The molecule has 1 aliphatic rings. The molecule has 1 fully saturated rings. The van der Waals surface area contributed by atoms with E-state index in [1.54, 1.807) is 30.5 Å². The molecule has 2 aromatic carbocycles. The highest BCUT2D eigenvalue weighted by Gasteiger charge is 2.22. The zero-order valence-electron chi connectivity index (χ0n) is 25.0. The topological polar surface area (TPSA) is 132 Å². The Bertz CT molecular complexity index is 1600. The summed E-state index contributed by atoms with van der Waals surface area (Å²) in [7, 11) is 0. The van der Waals surface area contributed by atoms with Crippen LogP contribution in [0.1, 0.15) is 61.1 Å². The number of hydrogen-bond acceptors (Lipinski definition) is 7. The second kappa shape index (κ2) is 12.8. The van der Waals surface area contributed by atoms with Crippen LogP contribution in [0.4, 0.5) is 10.6 Å². The van der Waals surface area contributed by atoms with Crippen LogP contribution in [0.15, 0.2) is 60.8 Å². The van der Waals surface area contributed by atoms with Crippen LogP contribution in [0.3, 0.4) is 0 Å². The van der Waals surface area contributed by atoms with Gasteiger partial charge < -0.3 is 30.5 Å². The molecule has 1 saturated heterocycles. The molecular weight excluding hydrogens is 546 g/mol. The molecule has 10 nitrogen and oxygen atoms in total. The number of aryl methyl sites for hydroxylation is 1. The highest BCUT2D eigenvalue weighted by atomic mass is 16.5. The quantitative estimate of drug-likeness (QED) is 0.231. The summed E-state index contributed by atoms with van der Waals surface area (Å²) >= 11 is 0. The van der Waals surface area contributed by atoms with Gasteiger partial charge in [0.05, 0.1) is 17.7 Å². The van der Waals surface area contributed by atoms with Crippen LogP contribution < -0.4 is 20.5 Å². The number of benzene rings is 2. The molecule has 1 aliphatic heterocycles. The van der Waals surface area contributed by atoms with E-state index in [0.29, 0.717) is 52.3 Å². The van der Waals surface area contributed by atoms with Gasteiger partial charge in [-0.05, 0) is 95.4 Å². The van der Waals surface area contributed by atoms with E-state index in [1.165, 1.54) is 10.1 Å². The summed E-state index contributed by atoms with van der Waals surface area (Å²) in [5.74, 6) is 1.90. The fraction of sp³-hybridized carbons (Fsp3) is 0.364. The zero-order valence-corrected chi connectivity index (χ0v) is 25.0. The average molecular weight is 586 g/mol. The lowest BCUT2D eigenvalue weighted by molar-refractivity contribution is 0.102. The largest absolute Gasteiger partial charge is 0.487 e. The van der Waals surface area contributed by atoms with Gasteiger partial charge in [-0.25, -0.2) is 9.78 Å². The van der Waals surface area contributed by atoms with Crippen LogP contribution in [0.2, 0.25) is 0 Å². The Hall–Kier alpha value is -4.41. The van der Waals surface area contributed by atoms with Crippen molar-refractivity contribution in [1.82, 2.24) is 14.5 Å². The molecule has 4 N–H and O–H groups in total. The van der Waals surface area contributed by atoms with Crippen molar-refractivity contribution in [3.63, 3.8) is 0 Å². The summed E-state index contributed by atoms with van der Waals surface area (Å²) in [5.41, 5.74) is 8.69. The summed E-state index contributed by atoms with van der Waals surface area (Å²) in [6.45, 7) is 10.1. The standard InChI is InChI=1S/C33H39N5O5/c1-20(2)42-30-18-28-26(15-21(3)38(28)33(34)41)16-29(30)43-27-9-12-35-31(17-27)36-32(40)25-7-5-23(6-8-25)24-10-13-37(14-11-24)19-22(4)39/h5-9,12,15-18,20,22,24,39H,10-11,13-14,19H2,1-4H3,(H2,34,41)(H,35,36,40)/t22-/m1/s1. The van der Waals surface area contributed by atoms with E-state index < -0.39 is 6.03 Å². The molecule has 226 valence electrons. The zero-order chi connectivity index (χ0) is 30.7. The number of hydrogen-bond donors (Lipinski definition) is 3. The number of pyridine rings is 1. The number of amides is 2. The molecule has 0 radical (unpaired) electrons. The fourth-order valence-electron chi connectivity index (χ4n) is 5.66. The van der Waals surface area contributed by atoms with Crippen LogP contribution in [-0.4, -0.2) is 63.3 Å². The number of nitrogens with two attached hydrogens (primary N) is 1. The Kier molecular flexibility index (Phi) is 8.98. The van der Waals surface area contributed by atoms with E-state index in [9.17, 15) is 14.7 Å². The molecule has 0 spiro atoms. The summed E-state index contributed by atoms with van der Waals surface area (Å²) < 4.78 is 13.6. The minimum Gasteiger partial charge on any atom is -0.487 e. The molecule has 2 amide bonds. The molecule has 1 atom stereocenters. The Morgan fingerprint density at radius 1 is 1.05 bits per heavy atom. The number of aromatic nitrogens is 2. The third-order valence-corrected chi connectivity index (χ3v) is 7.59. The second-order valence-corrected chi connectivity index (χ2v) is 11.5. The van der Waals surface area contributed by atoms with Gasteiger partial charge in [-0.3, -0.25) is 9.36 Å². The van der Waals surface area contributed by atoms with Gasteiger partial charge in [0.2, 0.25) is 0 Å². The first-order valence-corrected chi connectivity index (χ1v) is 14.7.